The Morgan fingerprint density at radius 1 is 0.971 bits per heavy atom. The van der Waals surface area contributed by atoms with Crippen molar-refractivity contribution in [3.05, 3.63) is 36.2 Å². The van der Waals surface area contributed by atoms with E-state index in [4.69, 9.17) is 0 Å². The van der Waals surface area contributed by atoms with Crippen LogP contribution >= 0.6 is 11.8 Å². The van der Waals surface area contributed by atoms with E-state index in [1.807, 2.05) is 34.9 Å². The molecule has 0 N–H and O–H groups in total. The van der Waals surface area contributed by atoms with Gasteiger partial charge in [0, 0.05) is 50.0 Å². The van der Waals surface area contributed by atoms with Crippen LogP contribution in [0.25, 0.3) is 5.69 Å². The van der Waals surface area contributed by atoms with Crippen LogP contribution in [0, 0.1) is 6.92 Å². The lowest BCUT2D eigenvalue weighted by molar-refractivity contribution is -0.142. The standard InChI is InChI=1S/C26H39N5O2S/c1-4-5-6-10-16-25(33)30-18-17-29(20-21(30)2)24(32)15-11-12-19-34-26-28-27-22(3)31(26)23-13-8-7-9-14-23/h7-9,13-14,21H,4-6,10-12,15-20H2,1-3H3. The smallest absolute Gasteiger partial charge is 0.222 e. The first-order chi connectivity index (χ1) is 16.5. The minimum atomic E-state index is 0.0968. The summed E-state index contributed by atoms with van der Waals surface area (Å²) in [5.41, 5.74) is 1.07. The summed E-state index contributed by atoms with van der Waals surface area (Å²) in [6.45, 7) is 8.16. The predicted octanol–water partition coefficient (Wildman–Crippen LogP) is 4.87. The number of hydrogen-bond donors (Lipinski definition) is 0. The molecule has 186 valence electrons. The van der Waals surface area contributed by atoms with E-state index in [1.165, 1.54) is 12.8 Å². The van der Waals surface area contributed by atoms with Gasteiger partial charge < -0.3 is 9.80 Å². The van der Waals surface area contributed by atoms with E-state index in [-0.39, 0.29) is 17.9 Å². The molecular formula is C26H39N5O2S. The number of amides is 2. The van der Waals surface area contributed by atoms with E-state index >= 15 is 0 Å². The van der Waals surface area contributed by atoms with Gasteiger partial charge in [-0.1, -0.05) is 56.1 Å². The number of unbranched alkanes of at least 4 members (excludes halogenated alkanes) is 4. The van der Waals surface area contributed by atoms with Crippen molar-refractivity contribution < 1.29 is 9.59 Å². The maximum atomic E-state index is 12.7. The number of benzene rings is 1. The fourth-order valence-electron chi connectivity index (χ4n) is 4.41. The van der Waals surface area contributed by atoms with E-state index in [1.54, 1.807) is 11.8 Å². The summed E-state index contributed by atoms with van der Waals surface area (Å²) in [5.74, 6) is 2.22. The Hall–Kier alpha value is -2.35. The number of hydrogen-bond acceptors (Lipinski definition) is 5. The van der Waals surface area contributed by atoms with Crippen LogP contribution in [0.15, 0.2) is 35.5 Å². The summed E-state index contributed by atoms with van der Waals surface area (Å²) in [4.78, 5) is 29.2. The first-order valence-corrected chi connectivity index (χ1v) is 13.7. The second-order valence-electron chi connectivity index (χ2n) is 9.09. The molecule has 1 fully saturated rings. The molecule has 0 saturated carbocycles. The van der Waals surface area contributed by atoms with Gasteiger partial charge in [0.05, 0.1) is 0 Å². The lowest BCUT2D eigenvalue weighted by atomic mass is 10.1. The Morgan fingerprint density at radius 2 is 1.71 bits per heavy atom. The molecule has 0 bridgehead atoms. The van der Waals surface area contributed by atoms with Crippen LogP contribution in [-0.2, 0) is 9.59 Å². The van der Waals surface area contributed by atoms with Crippen molar-refractivity contribution >= 4 is 23.6 Å². The van der Waals surface area contributed by atoms with Gasteiger partial charge in [-0.25, -0.2) is 0 Å². The van der Waals surface area contributed by atoms with Crippen molar-refractivity contribution in [1.82, 2.24) is 24.6 Å². The number of piperazine rings is 1. The summed E-state index contributed by atoms with van der Waals surface area (Å²) in [7, 11) is 0. The fourth-order valence-corrected chi connectivity index (χ4v) is 5.41. The van der Waals surface area contributed by atoms with Gasteiger partial charge in [-0.3, -0.25) is 14.2 Å². The molecule has 2 amide bonds. The first kappa shape index (κ1) is 26.3. The molecule has 1 saturated heterocycles. The zero-order chi connectivity index (χ0) is 24.3. The summed E-state index contributed by atoms with van der Waals surface area (Å²) >= 11 is 1.68. The minimum absolute atomic E-state index is 0.0968. The van der Waals surface area contributed by atoms with Crippen molar-refractivity contribution in [3.63, 3.8) is 0 Å². The number of carbonyl (C=O) groups is 2. The zero-order valence-corrected chi connectivity index (χ0v) is 21.7. The van der Waals surface area contributed by atoms with Crippen LogP contribution in [0.4, 0.5) is 0 Å². The second-order valence-corrected chi connectivity index (χ2v) is 10.2. The van der Waals surface area contributed by atoms with E-state index in [2.05, 4.69) is 40.7 Å². The molecule has 34 heavy (non-hydrogen) atoms. The highest BCUT2D eigenvalue weighted by Crippen LogP contribution is 2.23. The number of aromatic nitrogens is 3. The SMILES string of the molecule is CCCCCCC(=O)N1CCN(C(=O)CCCCSc2nnc(C)n2-c2ccccc2)CC1C. The number of carbonyl (C=O) groups excluding carboxylic acids is 2. The van der Waals surface area contributed by atoms with Crippen molar-refractivity contribution in [2.75, 3.05) is 25.4 Å². The van der Waals surface area contributed by atoms with Gasteiger partial charge in [-0.2, -0.15) is 0 Å². The molecule has 0 radical (unpaired) electrons. The molecule has 2 aromatic rings. The highest BCUT2D eigenvalue weighted by Gasteiger charge is 2.29. The number of para-hydroxylation sites is 1. The molecule has 1 atom stereocenters. The van der Waals surface area contributed by atoms with Crippen LogP contribution in [0.1, 0.15) is 71.0 Å². The molecule has 1 aromatic heterocycles. The summed E-state index contributed by atoms with van der Waals surface area (Å²) in [6.07, 6.45) is 7.46. The molecule has 2 heterocycles. The average molecular weight is 486 g/mol. The zero-order valence-electron chi connectivity index (χ0n) is 20.9. The largest absolute Gasteiger partial charge is 0.339 e. The van der Waals surface area contributed by atoms with E-state index in [0.717, 1.165) is 48.1 Å². The molecule has 1 aliphatic heterocycles. The van der Waals surface area contributed by atoms with Crippen LogP contribution < -0.4 is 0 Å². The average Bonchev–Trinajstić information content (AvgIpc) is 3.21. The maximum Gasteiger partial charge on any atom is 0.222 e. The van der Waals surface area contributed by atoms with Crippen molar-refractivity contribution in [2.24, 2.45) is 0 Å². The Balaban J connectivity index is 1.36. The number of nitrogens with zero attached hydrogens (tertiary/aromatic N) is 5. The van der Waals surface area contributed by atoms with Gasteiger partial charge in [0.15, 0.2) is 5.16 Å². The molecule has 1 aliphatic rings. The molecule has 3 rings (SSSR count). The molecule has 7 nitrogen and oxygen atoms in total. The van der Waals surface area contributed by atoms with E-state index in [0.29, 0.717) is 32.5 Å². The number of thioether (sulfide) groups is 1. The topological polar surface area (TPSA) is 71.3 Å². The van der Waals surface area contributed by atoms with Gasteiger partial charge >= 0.3 is 0 Å². The predicted molar refractivity (Wildman–Crippen MR) is 137 cm³/mol. The monoisotopic (exact) mass is 485 g/mol. The fraction of sp³-hybridized carbons (Fsp3) is 0.615. The third-order valence-electron chi connectivity index (χ3n) is 6.37. The van der Waals surface area contributed by atoms with Crippen molar-refractivity contribution in [1.29, 1.82) is 0 Å². The van der Waals surface area contributed by atoms with Crippen molar-refractivity contribution in [2.45, 2.75) is 83.3 Å². The number of rotatable bonds is 12. The Bertz CT molecular complexity index is 917. The molecule has 0 aliphatic carbocycles. The van der Waals surface area contributed by atoms with Crippen LogP contribution in [0.2, 0.25) is 0 Å². The van der Waals surface area contributed by atoms with Crippen LogP contribution in [0.5, 0.6) is 0 Å². The van der Waals surface area contributed by atoms with E-state index in [9.17, 15) is 9.59 Å². The molecular weight excluding hydrogens is 446 g/mol. The molecule has 1 unspecified atom stereocenters. The minimum Gasteiger partial charge on any atom is -0.339 e. The molecule has 8 heteroatoms. The van der Waals surface area contributed by atoms with Crippen LogP contribution in [-0.4, -0.2) is 67.8 Å². The maximum absolute atomic E-state index is 12.7. The highest BCUT2D eigenvalue weighted by atomic mass is 32.2. The van der Waals surface area contributed by atoms with Crippen molar-refractivity contribution in [3.8, 4) is 5.69 Å². The van der Waals surface area contributed by atoms with Gasteiger partial charge in [-0.15, -0.1) is 10.2 Å². The summed E-state index contributed by atoms with van der Waals surface area (Å²) in [6, 6.07) is 10.2. The normalized spacial score (nSPS) is 16.1. The first-order valence-electron chi connectivity index (χ1n) is 12.7. The summed E-state index contributed by atoms with van der Waals surface area (Å²) in [5, 5.41) is 9.45. The van der Waals surface area contributed by atoms with Gasteiger partial charge in [0.1, 0.15) is 5.82 Å². The lowest BCUT2D eigenvalue weighted by Gasteiger charge is -2.40. The third-order valence-corrected chi connectivity index (χ3v) is 7.39. The number of aryl methyl sites for hydroxylation is 1. The quantitative estimate of drug-likeness (QED) is 0.317. The molecule has 0 spiro atoms. The Labute approximate surface area is 208 Å². The van der Waals surface area contributed by atoms with Gasteiger partial charge in [0.25, 0.3) is 0 Å². The van der Waals surface area contributed by atoms with Crippen LogP contribution in [0.3, 0.4) is 0 Å². The third kappa shape index (κ3) is 7.32. The Kier molecular flexibility index (Phi) is 10.4. The van der Waals surface area contributed by atoms with E-state index < -0.39 is 0 Å². The second kappa shape index (κ2) is 13.5. The summed E-state index contributed by atoms with van der Waals surface area (Å²) < 4.78 is 2.07. The Morgan fingerprint density at radius 3 is 2.44 bits per heavy atom. The lowest BCUT2D eigenvalue weighted by Crippen LogP contribution is -2.55. The highest BCUT2D eigenvalue weighted by molar-refractivity contribution is 7.99. The van der Waals surface area contributed by atoms with Gasteiger partial charge in [0.2, 0.25) is 11.8 Å². The van der Waals surface area contributed by atoms with Gasteiger partial charge in [-0.05, 0) is 45.2 Å². The molecule has 1 aromatic carbocycles.